The van der Waals surface area contributed by atoms with Crippen LogP contribution in [0.3, 0.4) is 0 Å². The average Bonchev–Trinajstić information content (AvgIpc) is 2.67. The Balaban J connectivity index is 1.66. The maximum Gasteiger partial charge on any atom is 0.543 e. The number of carbonyl (C=O) groups is 2. The molecular weight excluding hydrogens is 348 g/mol. The zero-order chi connectivity index (χ0) is 19.5. The number of ether oxygens (including phenoxy) is 1. The van der Waals surface area contributed by atoms with Gasteiger partial charge in [-0.3, -0.25) is 4.89 Å². The van der Waals surface area contributed by atoms with Gasteiger partial charge in [-0.05, 0) is 55.7 Å². The Morgan fingerprint density at radius 3 is 2.44 bits per heavy atom. The molecule has 0 radical (unpaired) electrons. The fourth-order valence-corrected chi connectivity index (χ4v) is 3.29. The SMILES string of the molecule is CCCCCCc1ccc(C(=O)OOOC(=O)OC2CCCCC2C)cc1. The summed E-state index contributed by atoms with van der Waals surface area (Å²) in [6, 6.07) is 7.12. The monoisotopic (exact) mass is 378 g/mol. The lowest BCUT2D eigenvalue weighted by atomic mass is 9.88. The Morgan fingerprint density at radius 2 is 1.74 bits per heavy atom. The molecule has 0 heterocycles. The minimum atomic E-state index is -0.996. The smallest absolute Gasteiger partial charge is 0.429 e. The van der Waals surface area contributed by atoms with Crippen molar-refractivity contribution in [2.75, 3.05) is 0 Å². The number of hydrogen-bond donors (Lipinski definition) is 0. The Hall–Kier alpha value is -2.08. The lowest BCUT2D eigenvalue weighted by Crippen LogP contribution is -2.28. The van der Waals surface area contributed by atoms with Gasteiger partial charge in [0.15, 0.2) is 0 Å². The molecule has 27 heavy (non-hydrogen) atoms. The van der Waals surface area contributed by atoms with Crippen LogP contribution in [0.1, 0.15) is 81.1 Å². The zero-order valence-corrected chi connectivity index (χ0v) is 16.3. The van der Waals surface area contributed by atoms with Gasteiger partial charge in [-0.15, -0.1) is 0 Å². The Morgan fingerprint density at radius 1 is 1.00 bits per heavy atom. The van der Waals surface area contributed by atoms with Crippen molar-refractivity contribution in [1.82, 2.24) is 0 Å². The lowest BCUT2D eigenvalue weighted by molar-refractivity contribution is -0.453. The van der Waals surface area contributed by atoms with E-state index in [0.717, 1.165) is 38.5 Å². The minimum absolute atomic E-state index is 0.185. The van der Waals surface area contributed by atoms with Gasteiger partial charge in [0.2, 0.25) is 0 Å². The van der Waals surface area contributed by atoms with E-state index in [2.05, 4.69) is 21.7 Å². The number of hydrogen-bond acceptors (Lipinski definition) is 6. The van der Waals surface area contributed by atoms with E-state index in [1.54, 1.807) is 12.1 Å². The molecule has 0 spiro atoms. The highest BCUT2D eigenvalue weighted by molar-refractivity contribution is 5.88. The van der Waals surface area contributed by atoms with E-state index in [9.17, 15) is 9.59 Å². The van der Waals surface area contributed by atoms with Gasteiger partial charge in [-0.2, -0.15) is 0 Å². The van der Waals surface area contributed by atoms with E-state index in [0.29, 0.717) is 5.56 Å². The van der Waals surface area contributed by atoms with Gasteiger partial charge in [0, 0.05) is 0 Å². The summed E-state index contributed by atoms with van der Waals surface area (Å²) in [6.45, 7) is 4.22. The predicted octanol–water partition coefficient (Wildman–Crippen LogP) is 5.54. The molecule has 1 aromatic carbocycles. The third kappa shape index (κ3) is 7.59. The normalized spacial score (nSPS) is 19.3. The number of carbonyl (C=O) groups excluding carboxylic acids is 2. The first-order chi connectivity index (χ1) is 13.1. The molecule has 1 fully saturated rings. The van der Waals surface area contributed by atoms with Crippen LogP contribution in [-0.4, -0.2) is 18.2 Å². The molecule has 2 rings (SSSR count). The molecule has 150 valence electrons. The molecule has 0 saturated heterocycles. The van der Waals surface area contributed by atoms with Crippen LogP contribution in [0.2, 0.25) is 0 Å². The quantitative estimate of drug-likeness (QED) is 0.243. The van der Waals surface area contributed by atoms with Gasteiger partial charge >= 0.3 is 12.1 Å². The Kier molecular flexibility index (Phi) is 9.11. The highest BCUT2D eigenvalue weighted by Crippen LogP contribution is 2.26. The van der Waals surface area contributed by atoms with E-state index >= 15 is 0 Å². The summed E-state index contributed by atoms with van der Waals surface area (Å²) in [5, 5.41) is 4.29. The average molecular weight is 378 g/mol. The molecule has 2 atom stereocenters. The van der Waals surface area contributed by atoms with Gasteiger partial charge in [0.25, 0.3) is 0 Å². The van der Waals surface area contributed by atoms with Gasteiger partial charge in [-0.25, -0.2) is 14.5 Å². The first-order valence-electron chi connectivity index (χ1n) is 9.95. The first kappa shape index (κ1) is 21.2. The van der Waals surface area contributed by atoms with Crippen molar-refractivity contribution in [2.45, 2.75) is 77.7 Å². The molecule has 1 aliphatic carbocycles. The molecule has 0 aliphatic heterocycles. The third-order valence-corrected chi connectivity index (χ3v) is 5.00. The summed E-state index contributed by atoms with van der Waals surface area (Å²) in [6.07, 6.45) is 8.58. The molecule has 2 unspecified atom stereocenters. The Bertz CT molecular complexity index is 583. The number of rotatable bonds is 9. The second kappa shape index (κ2) is 11.6. The zero-order valence-electron chi connectivity index (χ0n) is 16.3. The molecule has 1 aromatic rings. The third-order valence-electron chi connectivity index (χ3n) is 5.00. The molecule has 0 aromatic heterocycles. The summed E-state index contributed by atoms with van der Waals surface area (Å²) >= 11 is 0. The van der Waals surface area contributed by atoms with Crippen LogP contribution in [0.4, 0.5) is 4.79 Å². The standard InChI is InChI=1S/C21H30O6/c1-3-4-5-6-10-17-12-14-18(15-13-17)20(22)25-27-26-21(23)24-19-11-8-7-9-16(19)2/h12-16,19H,3-11H2,1-2H3. The molecule has 0 bridgehead atoms. The van der Waals surface area contributed by atoms with Crippen LogP contribution in [0, 0.1) is 5.92 Å². The molecule has 1 saturated carbocycles. The van der Waals surface area contributed by atoms with Gasteiger partial charge < -0.3 is 4.74 Å². The van der Waals surface area contributed by atoms with Crippen LogP contribution >= 0.6 is 0 Å². The van der Waals surface area contributed by atoms with Crippen molar-refractivity contribution in [1.29, 1.82) is 0 Å². The lowest BCUT2D eigenvalue weighted by Gasteiger charge is -2.27. The minimum Gasteiger partial charge on any atom is -0.429 e. The topological polar surface area (TPSA) is 71.1 Å². The fraction of sp³-hybridized carbons (Fsp3) is 0.619. The number of unbranched alkanes of at least 4 members (excludes halogenated alkanes) is 3. The fourth-order valence-electron chi connectivity index (χ4n) is 3.29. The predicted molar refractivity (Wildman–Crippen MR) is 99.8 cm³/mol. The van der Waals surface area contributed by atoms with E-state index in [1.807, 2.05) is 19.1 Å². The van der Waals surface area contributed by atoms with Crippen molar-refractivity contribution in [3.05, 3.63) is 35.4 Å². The van der Waals surface area contributed by atoms with Crippen molar-refractivity contribution in [3.63, 3.8) is 0 Å². The van der Waals surface area contributed by atoms with Crippen molar-refractivity contribution >= 4 is 12.1 Å². The highest BCUT2D eigenvalue weighted by Gasteiger charge is 2.26. The molecule has 0 N–H and O–H groups in total. The second-order valence-corrected chi connectivity index (χ2v) is 7.20. The highest BCUT2D eigenvalue weighted by atomic mass is 17.5. The van der Waals surface area contributed by atoms with E-state index in [4.69, 9.17) is 4.74 Å². The molecular formula is C21H30O6. The largest absolute Gasteiger partial charge is 0.543 e. The Labute approximate surface area is 161 Å². The first-order valence-corrected chi connectivity index (χ1v) is 9.95. The van der Waals surface area contributed by atoms with E-state index in [-0.39, 0.29) is 12.0 Å². The summed E-state index contributed by atoms with van der Waals surface area (Å²) in [7, 11) is 0. The number of benzene rings is 1. The van der Waals surface area contributed by atoms with E-state index < -0.39 is 12.1 Å². The van der Waals surface area contributed by atoms with Crippen LogP contribution in [0.25, 0.3) is 0 Å². The van der Waals surface area contributed by atoms with Crippen molar-refractivity contribution in [3.8, 4) is 0 Å². The number of aryl methyl sites for hydroxylation is 1. The van der Waals surface area contributed by atoms with E-state index in [1.165, 1.54) is 24.8 Å². The molecule has 0 amide bonds. The van der Waals surface area contributed by atoms with Gasteiger partial charge in [-0.1, -0.05) is 51.7 Å². The van der Waals surface area contributed by atoms with Crippen LogP contribution < -0.4 is 0 Å². The summed E-state index contributed by atoms with van der Waals surface area (Å²) in [5.41, 5.74) is 1.50. The molecule has 6 heteroatoms. The molecule has 6 nitrogen and oxygen atoms in total. The summed E-state index contributed by atoms with van der Waals surface area (Å²) < 4.78 is 5.18. The summed E-state index contributed by atoms with van der Waals surface area (Å²) in [5.74, 6) is -0.444. The maximum atomic E-state index is 11.9. The van der Waals surface area contributed by atoms with Crippen LogP contribution in [-0.2, 0) is 26.0 Å². The molecule has 1 aliphatic rings. The summed E-state index contributed by atoms with van der Waals surface area (Å²) in [4.78, 5) is 32.4. The van der Waals surface area contributed by atoms with Crippen LogP contribution in [0.15, 0.2) is 24.3 Å². The maximum absolute atomic E-state index is 11.9. The van der Waals surface area contributed by atoms with Crippen molar-refractivity contribution in [2.24, 2.45) is 5.92 Å². The second-order valence-electron chi connectivity index (χ2n) is 7.20. The van der Waals surface area contributed by atoms with Crippen molar-refractivity contribution < 1.29 is 29.1 Å². The van der Waals surface area contributed by atoms with Gasteiger partial charge in [0.05, 0.1) is 10.6 Å². The van der Waals surface area contributed by atoms with Crippen LogP contribution in [0.5, 0.6) is 0 Å². The van der Waals surface area contributed by atoms with Gasteiger partial charge in [0.1, 0.15) is 6.10 Å².